The zero-order chi connectivity index (χ0) is 17.1. The third-order valence-electron chi connectivity index (χ3n) is 4.45. The molecular formula is C19H20Cl2N2O. The summed E-state index contributed by atoms with van der Waals surface area (Å²) in [5.41, 5.74) is 3.17. The minimum absolute atomic E-state index is 0.0288. The second-order valence-corrected chi connectivity index (χ2v) is 7.03. The first-order chi connectivity index (χ1) is 11.5. The Kier molecular flexibility index (Phi) is 5.32. The molecule has 0 radical (unpaired) electrons. The second kappa shape index (κ2) is 7.45. The Balaban J connectivity index is 1.56. The van der Waals surface area contributed by atoms with Gasteiger partial charge in [0.1, 0.15) is 0 Å². The summed E-state index contributed by atoms with van der Waals surface area (Å²) in [6.45, 7) is 3.87. The zero-order valence-electron chi connectivity index (χ0n) is 13.6. The van der Waals surface area contributed by atoms with Gasteiger partial charge in [-0.15, -0.1) is 0 Å². The number of aryl methyl sites for hydroxylation is 1. The molecule has 1 aliphatic heterocycles. The monoisotopic (exact) mass is 362 g/mol. The molecule has 0 unspecified atom stereocenters. The van der Waals surface area contributed by atoms with Crippen LogP contribution in [0.25, 0.3) is 0 Å². The van der Waals surface area contributed by atoms with Crippen molar-refractivity contribution in [1.82, 2.24) is 0 Å². The molecule has 1 fully saturated rings. The standard InChI is InChI=1S/C19H20Cl2N2O/c1-13-2-5-16(6-3-13)23-10-8-14(9-11-23)19(24)22-15-4-7-17(20)18(21)12-15/h2-7,12,14H,8-11H2,1H3,(H,22,24). The van der Waals surface area contributed by atoms with Gasteiger partial charge in [-0.2, -0.15) is 0 Å². The van der Waals surface area contributed by atoms with Crippen LogP contribution < -0.4 is 10.2 Å². The molecule has 0 saturated carbocycles. The van der Waals surface area contributed by atoms with E-state index in [0.717, 1.165) is 25.9 Å². The lowest BCUT2D eigenvalue weighted by molar-refractivity contribution is -0.120. The molecule has 0 atom stereocenters. The summed E-state index contributed by atoms with van der Waals surface area (Å²) >= 11 is 11.9. The highest BCUT2D eigenvalue weighted by Gasteiger charge is 2.25. The van der Waals surface area contributed by atoms with Crippen LogP contribution in [-0.2, 0) is 4.79 Å². The lowest BCUT2D eigenvalue weighted by Crippen LogP contribution is -2.38. The average Bonchev–Trinajstić information content (AvgIpc) is 2.59. The molecule has 2 aromatic rings. The van der Waals surface area contributed by atoms with E-state index < -0.39 is 0 Å². The van der Waals surface area contributed by atoms with Crippen molar-refractivity contribution in [2.24, 2.45) is 5.92 Å². The molecule has 5 heteroatoms. The van der Waals surface area contributed by atoms with E-state index in [4.69, 9.17) is 23.2 Å². The number of hydrogen-bond acceptors (Lipinski definition) is 2. The van der Waals surface area contributed by atoms with Crippen LogP contribution in [0.15, 0.2) is 42.5 Å². The minimum Gasteiger partial charge on any atom is -0.371 e. The Labute approximate surface area is 152 Å². The molecule has 0 aliphatic carbocycles. The Bertz CT molecular complexity index is 723. The molecule has 0 aromatic heterocycles. The number of nitrogens with one attached hydrogen (secondary N) is 1. The first-order valence-electron chi connectivity index (χ1n) is 8.10. The summed E-state index contributed by atoms with van der Waals surface area (Å²) in [6.07, 6.45) is 1.70. The van der Waals surface area contributed by atoms with Crippen molar-refractivity contribution in [3.63, 3.8) is 0 Å². The molecule has 0 spiro atoms. The van der Waals surface area contributed by atoms with E-state index in [1.165, 1.54) is 11.3 Å². The summed E-state index contributed by atoms with van der Waals surface area (Å²) in [5.74, 6) is 0.0816. The molecule has 1 amide bonds. The van der Waals surface area contributed by atoms with E-state index in [2.05, 4.69) is 41.4 Å². The summed E-state index contributed by atoms with van der Waals surface area (Å²) in [5, 5.41) is 3.88. The average molecular weight is 363 g/mol. The number of nitrogens with zero attached hydrogens (tertiary/aromatic N) is 1. The fraction of sp³-hybridized carbons (Fsp3) is 0.316. The van der Waals surface area contributed by atoms with Crippen molar-refractivity contribution in [3.8, 4) is 0 Å². The number of hydrogen-bond donors (Lipinski definition) is 1. The first kappa shape index (κ1) is 17.1. The molecular weight excluding hydrogens is 343 g/mol. The molecule has 1 heterocycles. The molecule has 2 aromatic carbocycles. The van der Waals surface area contributed by atoms with Crippen molar-refractivity contribution in [3.05, 3.63) is 58.1 Å². The van der Waals surface area contributed by atoms with Gasteiger partial charge in [-0.25, -0.2) is 0 Å². The Hall–Kier alpha value is -1.71. The molecule has 3 rings (SSSR count). The van der Waals surface area contributed by atoms with Gasteiger partial charge in [0.15, 0.2) is 0 Å². The first-order valence-corrected chi connectivity index (χ1v) is 8.86. The van der Waals surface area contributed by atoms with Crippen LogP contribution in [0.1, 0.15) is 18.4 Å². The van der Waals surface area contributed by atoms with Crippen LogP contribution in [-0.4, -0.2) is 19.0 Å². The van der Waals surface area contributed by atoms with Gasteiger partial charge in [0, 0.05) is 30.4 Å². The van der Waals surface area contributed by atoms with Crippen LogP contribution in [0.4, 0.5) is 11.4 Å². The molecule has 0 bridgehead atoms. The van der Waals surface area contributed by atoms with Crippen molar-refractivity contribution in [1.29, 1.82) is 0 Å². The lowest BCUT2D eigenvalue weighted by Gasteiger charge is -2.33. The highest BCUT2D eigenvalue weighted by Crippen LogP contribution is 2.27. The third kappa shape index (κ3) is 4.03. The largest absolute Gasteiger partial charge is 0.371 e. The van der Waals surface area contributed by atoms with Gasteiger partial charge in [-0.3, -0.25) is 4.79 Å². The third-order valence-corrected chi connectivity index (χ3v) is 5.19. The number of anilines is 2. The van der Waals surface area contributed by atoms with Gasteiger partial charge in [0.05, 0.1) is 10.0 Å². The predicted octanol–water partition coefficient (Wildman–Crippen LogP) is 5.16. The molecule has 3 nitrogen and oxygen atoms in total. The van der Waals surface area contributed by atoms with Gasteiger partial charge >= 0.3 is 0 Å². The topological polar surface area (TPSA) is 32.3 Å². The van der Waals surface area contributed by atoms with E-state index in [1.807, 2.05) is 0 Å². The highest BCUT2D eigenvalue weighted by molar-refractivity contribution is 6.42. The Morgan fingerprint density at radius 3 is 2.33 bits per heavy atom. The fourth-order valence-electron chi connectivity index (χ4n) is 2.97. The van der Waals surface area contributed by atoms with E-state index in [0.29, 0.717) is 15.7 Å². The number of carbonyl (C=O) groups is 1. The Morgan fingerprint density at radius 1 is 1.04 bits per heavy atom. The molecule has 1 N–H and O–H groups in total. The van der Waals surface area contributed by atoms with Gasteiger partial charge in [0.25, 0.3) is 0 Å². The number of benzene rings is 2. The van der Waals surface area contributed by atoms with Crippen LogP contribution in [0.5, 0.6) is 0 Å². The van der Waals surface area contributed by atoms with E-state index in [-0.39, 0.29) is 11.8 Å². The smallest absolute Gasteiger partial charge is 0.227 e. The number of rotatable bonds is 3. The number of halogens is 2. The molecule has 1 saturated heterocycles. The van der Waals surface area contributed by atoms with Crippen LogP contribution in [0.2, 0.25) is 10.0 Å². The molecule has 1 aliphatic rings. The maximum absolute atomic E-state index is 12.4. The highest BCUT2D eigenvalue weighted by atomic mass is 35.5. The molecule has 126 valence electrons. The van der Waals surface area contributed by atoms with E-state index in [1.54, 1.807) is 18.2 Å². The van der Waals surface area contributed by atoms with Crippen molar-refractivity contribution < 1.29 is 4.79 Å². The van der Waals surface area contributed by atoms with Crippen LogP contribution in [0, 0.1) is 12.8 Å². The van der Waals surface area contributed by atoms with Gasteiger partial charge in [0.2, 0.25) is 5.91 Å². The van der Waals surface area contributed by atoms with Crippen LogP contribution >= 0.6 is 23.2 Å². The Morgan fingerprint density at radius 2 is 1.71 bits per heavy atom. The van der Waals surface area contributed by atoms with Crippen molar-refractivity contribution in [2.45, 2.75) is 19.8 Å². The van der Waals surface area contributed by atoms with Crippen molar-refractivity contribution >= 4 is 40.5 Å². The van der Waals surface area contributed by atoms with Gasteiger partial charge in [-0.1, -0.05) is 40.9 Å². The summed E-state index contributed by atoms with van der Waals surface area (Å²) < 4.78 is 0. The van der Waals surface area contributed by atoms with E-state index >= 15 is 0 Å². The zero-order valence-corrected chi connectivity index (χ0v) is 15.1. The second-order valence-electron chi connectivity index (χ2n) is 6.22. The van der Waals surface area contributed by atoms with Gasteiger partial charge in [-0.05, 0) is 50.1 Å². The SMILES string of the molecule is Cc1ccc(N2CCC(C(=O)Nc3ccc(Cl)c(Cl)c3)CC2)cc1. The fourth-order valence-corrected chi connectivity index (χ4v) is 3.27. The van der Waals surface area contributed by atoms with Crippen LogP contribution in [0.3, 0.4) is 0 Å². The quantitative estimate of drug-likeness (QED) is 0.817. The minimum atomic E-state index is 0.0288. The predicted molar refractivity (Wildman–Crippen MR) is 101 cm³/mol. The number of carbonyl (C=O) groups excluding carboxylic acids is 1. The maximum atomic E-state index is 12.4. The van der Waals surface area contributed by atoms with Crippen molar-refractivity contribution in [2.75, 3.05) is 23.3 Å². The maximum Gasteiger partial charge on any atom is 0.227 e. The number of amides is 1. The van der Waals surface area contributed by atoms with E-state index in [9.17, 15) is 4.79 Å². The molecule has 24 heavy (non-hydrogen) atoms. The summed E-state index contributed by atoms with van der Waals surface area (Å²) in [4.78, 5) is 14.8. The lowest BCUT2D eigenvalue weighted by atomic mass is 9.95. The summed E-state index contributed by atoms with van der Waals surface area (Å²) in [7, 11) is 0. The normalized spacial score (nSPS) is 15.4. The summed E-state index contributed by atoms with van der Waals surface area (Å²) in [6, 6.07) is 13.7. The number of piperidine rings is 1. The van der Waals surface area contributed by atoms with Gasteiger partial charge < -0.3 is 10.2 Å².